The first-order valence-electron chi connectivity index (χ1n) is 10.6. The van der Waals surface area contributed by atoms with Crippen LogP contribution in [0.1, 0.15) is 27.9 Å². The number of hydrogen-bond donors (Lipinski definition) is 1. The van der Waals surface area contributed by atoms with Crippen molar-refractivity contribution in [2.24, 2.45) is 0 Å². The van der Waals surface area contributed by atoms with Crippen molar-refractivity contribution in [3.63, 3.8) is 0 Å². The van der Waals surface area contributed by atoms with Crippen LogP contribution in [0.5, 0.6) is 0 Å². The quantitative estimate of drug-likeness (QED) is 0.480. The Kier molecular flexibility index (Phi) is 5.11. The van der Waals surface area contributed by atoms with E-state index in [-0.39, 0.29) is 16.5 Å². The number of aromatic amines is 1. The van der Waals surface area contributed by atoms with Crippen molar-refractivity contribution in [2.45, 2.75) is 19.0 Å². The number of rotatable bonds is 2. The first-order valence-corrected chi connectivity index (χ1v) is 10.6. The number of halogens is 3. The van der Waals surface area contributed by atoms with E-state index in [1.54, 1.807) is 24.3 Å². The molecule has 1 aromatic heterocycles. The number of H-pyrrole nitrogens is 1. The Labute approximate surface area is 190 Å². The fourth-order valence-corrected chi connectivity index (χ4v) is 4.37. The predicted molar refractivity (Wildman–Crippen MR) is 122 cm³/mol. The Balaban J connectivity index is 1.71. The number of para-hydroxylation sites is 2. The van der Waals surface area contributed by atoms with Gasteiger partial charge in [0.25, 0.3) is 11.5 Å². The molecule has 0 spiro atoms. The summed E-state index contributed by atoms with van der Waals surface area (Å²) in [5.41, 5.74) is -2.00. The Morgan fingerprint density at radius 1 is 0.912 bits per heavy atom. The number of nitrogens with zero attached hydrogens (tertiary/aromatic N) is 2. The van der Waals surface area contributed by atoms with Gasteiger partial charge >= 0.3 is 11.9 Å². The lowest BCUT2D eigenvalue weighted by Crippen LogP contribution is -2.37. The maximum absolute atomic E-state index is 13.9. The monoisotopic (exact) mass is 465 g/mol. The van der Waals surface area contributed by atoms with E-state index in [2.05, 4.69) is 4.98 Å². The number of anilines is 1. The molecule has 0 saturated carbocycles. The first-order chi connectivity index (χ1) is 16.3. The van der Waals surface area contributed by atoms with Crippen molar-refractivity contribution in [1.29, 1.82) is 0 Å². The molecule has 4 aromatic rings. The smallest absolute Gasteiger partial charge is 0.308 e. The van der Waals surface area contributed by atoms with E-state index in [1.165, 1.54) is 17.0 Å². The van der Waals surface area contributed by atoms with Gasteiger partial charge in [0, 0.05) is 17.8 Å². The molecule has 1 aliphatic rings. The molecule has 0 radical (unpaired) electrons. The van der Waals surface area contributed by atoms with Gasteiger partial charge in [0.2, 0.25) is 0 Å². The highest BCUT2D eigenvalue weighted by molar-refractivity contribution is 6.07. The average Bonchev–Trinajstić information content (AvgIpc) is 2.82. The summed E-state index contributed by atoms with van der Waals surface area (Å²) in [4.78, 5) is 43.1. The topological polar surface area (TPSA) is 75.2 Å². The summed E-state index contributed by atoms with van der Waals surface area (Å²) in [6, 6.07) is 16.2. The largest absolute Gasteiger partial charge is 0.418 e. The Morgan fingerprint density at radius 2 is 1.65 bits per heavy atom. The maximum atomic E-state index is 13.9. The highest BCUT2D eigenvalue weighted by Gasteiger charge is 2.36. The number of aromatic nitrogens is 2. The van der Waals surface area contributed by atoms with Crippen molar-refractivity contribution >= 4 is 22.5 Å². The number of nitrogens with one attached hydrogen (secondary N) is 1. The van der Waals surface area contributed by atoms with Crippen LogP contribution in [0.15, 0.2) is 76.3 Å². The summed E-state index contributed by atoms with van der Waals surface area (Å²) in [5.74, 6) is -0.507. The molecule has 0 fully saturated rings. The van der Waals surface area contributed by atoms with Crippen molar-refractivity contribution in [1.82, 2.24) is 9.55 Å². The molecule has 2 heterocycles. The van der Waals surface area contributed by atoms with E-state index in [0.717, 1.165) is 30.2 Å². The fourth-order valence-electron chi connectivity index (χ4n) is 4.37. The summed E-state index contributed by atoms with van der Waals surface area (Å²) < 4.78 is 42.1. The normalized spacial score (nSPS) is 13.7. The zero-order valence-corrected chi connectivity index (χ0v) is 17.7. The minimum atomic E-state index is -4.86. The van der Waals surface area contributed by atoms with E-state index >= 15 is 0 Å². The number of fused-ring (bicyclic) bond motifs is 2. The predicted octanol–water partition coefficient (Wildman–Crippen LogP) is 4.29. The molecule has 0 bridgehead atoms. The van der Waals surface area contributed by atoms with E-state index in [1.807, 2.05) is 12.1 Å². The van der Waals surface area contributed by atoms with Crippen LogP contribution in [0.2, 0.25) is 0 Å². The molecular formula is C25H18F3N3O3. The molecule has 0 aliphatic carbocycles. The van der Waals surface area contributed by atoms with Gasteiger partial charge in [-0.05, 0) is 54.8 Å². The van der Waals surface area contributed by atoms with E-state index in [0.29, 0.717) is 23.2 Å². The molecule has 3 aromatic carbocycles. The number of carbonyl (C=O) groups is 1. The van der Waals surface area contributed by atoms with Crippen LogP contribution in [0, 0.1) is 0 Å². The third-order valence-electron chi connectivity index (χ3n) is 5.95. The summed E-state index contributed by atoms with van der Waals surface area (Å²) in [6.07, 6.45) is -3.35. The summed E-state index contributed by atoms with van der Waals surface area (Å²) >= 11 is 0. The van der Waals surface area contributed by atoms with Gasteiger partial charge < -0.3 is 9.88 Å². The lowest BCUT2D eigenvalue weighted by atomic mass is 10.00. The third kappa shape index (κ3) is 3.59. The summed E-state index contributed by atoms with van der Waals surface area (Å²) in [6.45, 7) is 0.405. The zero-order valence-electron chi connectivity index (χ0n) is 17.7. The number of benzene rings is 3. The molecule has 1 amide bonds. The number of aryl methyl sites for hydroxylation is 1. The number of amides is 1. The van der Waals surface area contributed by atoms with Gasteiger partial charge in [0.15, 0.2) is 0 Å². The molecule has 0 unspecified atom stereocenters. The Hall–Kier alpha value is -4.14. The van der Waals surface area contributed by atoms with Crippen LogP contribution in [-0.2, 0) is 12.6 Å². The second kappa shape index (κ2) is 8.02. The highest BCUT2D eigenvalue weighted by atomic mass is 19.4. The van der Waals surface area contributed by atoms with Gasteiger partial charge in [-0.2, -0.15) is 13.2 Å². The standard InChI is InChI=1S/C25H18F3N3O3/c26-25(27,28)18-12-11-16(22(32)30-13-5-7-15-6-1-4-10-20(15)30)14-21(18)31-23(33)17-8-2-3-9-19(17)29-24(31)34/h1-4,6,8-12,14H,5,7,13H2,(H,29,34). The van der Waals surface area contributed by atoms with Gasteiger partial charge in [-0.15, -0.1) is 0 Å². The van der Waals surface area contributed by atoms with Crippen LogP contribution in [0.3, 0.4) is 0 Å². The van der Waals surface area contributed by atoms with E-state index < -0.39 is 34.6 Å². The van der Waals surface area contributed by atoms with Gasteiger partial charge in [0.1, 0.15) is 0 Å². The molecule has 1 aliphatic heterocycles. The van der Waals surface area contributed by atoms with Crippen LogP contribution in [0.25, 0.3) is 16.6 Å². The molecule has 1 N–H and O–H groups in total. The summed E-state index contributed by atoms with van der Waals surface area (Å²) in [7, 11) is 0. The molecule has 6 nitrogen and oxygen atoms in total. The molecule has 9 heteroatoms. The highest BCUT2D eigenvalue weighted by Crippen LogP contribution is 2.35. The van der Waals surface area contributed by atoms with Crippen molar-refractivity contribution in [3.8, 4) is 5.69 Å². The Morgan fingerprint density at radius 3 is 2.44 bits per heavy atom. The van der Waals surface area contributed by atoms with Gasteiger partial charge in [-0.25, -0.2) is 9.36 Å². The van der Waals surface area contributed by atoms with E-state index in [9.17, 15) is 27.6 Å². The molecule has 34 heavy (non-hydrogen) atoms. The molecular weight excluding hydrogens is 447 g/mol. The number of alkyl halides is 3. The van der Waals surface area contributed by atoms with Crippen molar-refractivity contribution in [3.05, 3.63) is 104 Å². The third-order valence-corrected chi connectivity index (χ3v) is 5.95. The summed E-state index contributed by atoms with van der Waals surface area (Å²) in [5, 5.41) is 0.0527. The SMILES string of the molecule is O=C(c1ccc(C(F)(F)F)c(-n2c(=O)[nH]c3ccccc3c2=O)c1)N1CCCc2ccccc21. The van der Waals surface area contributed by atoms with Crippen LogP contribution < -0.4 is 16.1 Å². The Bertz CT molecular complexity index is 1550. The van der Waals surface area contributed by atoms with Crippen LogP contribution >= 0.6 is 0 Å². The molecule has 5 rings (SSSR count). The fraction of sp³-hybridized carbons (Fsp3) is 0.160. The number of carbonyl (C=O) groups excluding carboxylic acids is 1. The maximum Gasteiger partial charge on any atom is 0.418 e. The van der Waals surface area contributed by atoms with Crippen LogP contribution in [0.4, 0.5) is 18.9 Å². The van der Waals surface area contributed by atoms with E-state index in [4.69, 9.17) is 0 Å². The second-order valence-corrected chi connectivity index (χ2v) is 8.04. The molecule has 0 atom stereocenters. The van der Waals surface area contributed by atoms with Crippen molar-refractivity contribution < 1.29 is 18.0 Å². The van der Waals surface area contributed by atoms with Gasteiger partial charge in [-0.1, -0.05) is 30.3 Å². The molecule has 172 valence electrons. The number of hydrogen-bond acceptors (Lipinski definition) is 3. The second-order valence-electron chi connectivity index (χ2n) is 8.04. The first kappa shape index (κ1) is 21.7. The van der Waals surface area contributed by atoms with Crippen molar-refractivity contribution in [2.75, 3.05) is 11.4 Å². The minimum Gasteiger partial charge on any atom is -0.308 e. The lowest BCUT2D eigenvalue weighted by Gasteiger charge is -2.29. The molecule has 0 saturated heterocycles. The average molecular weight is 465 g/mol. The lowest BCUT2D eigenvalue weighted by molar-refractivity contribution is -0.137. The van der Waals surface area contributed by atoms with Gasteiger partial charge in [-0.3, -0.25) is 9.59 Å². The van der Waals surface area contributed by atoms with Crippen LogP contribution in [-0.4, -0.2) is 22.0 Å². The minimum absolute atomic E-state index is 0.0527. The van der Waals surface area contributed by atoms with Gasteiger partial charge in [0.05, 0.1) is 22.2 Å². The zero-order chi connectivity index (χ0) is 24.0.